The van der Waals surface area contributed by atoms with Gasteiger partial charge in [0, 0.05) is 17.1 Å². The number of amides is 1. The summed E-state index contributed by atoms with van der Waals surface area (Å²) < 4.78 is 13.4. The van der Waals surface area contributed by atoms with Crippen molar-refractivity contribution in [2.75, 3.05) is 19.6 Å². The molecule has 2 N–H and O–H groups in total. The van der Waals surface area contributed by atoms with Gasteiger partial charge in [-0.05, 0) is 31.6 Å². The topological polar surface area (TPSA) is 41.1 Å². The number of carbonyl (C=O) groups is 1. The van der Waals surface area contributed by atoms with Crippen LogP contribution in [0.1, 0.15) is 18.9 Å². The van der Waals surface area contributed by atoms with E-state index < -0.39 is 5.82 Å². The third kappa shape index (κ3) is 5.02. The average molecular weight is 273 g/mol. The second-order valence-electron chi connectivity index (χ2n) is 3.93. The standard InChI is InChI=1S/C13H18ClFN2O/c1-2-16-7-4-8-17-13(18)9-10-11(14)5-3-6-12(10)15/h3,5-6,16H,2,4,7-9H2,1H3,(H,17,18). The molecule has 18 heavy (non-hydrogen) atoms. The largest absolute Gasteiger partial charge is 0.356 e. The predicted octanol–water partition coefficient (Wildman–Crippen LogP) is 2.14. The SMILES string of the molecule is CCNCCCNC(=O)Cc1c(F)cccc1Cl. The van der Waals surface area contributed by atoms with E-state index >= 15 is 0 Å². The first-order valence-corrected chi connectivity index (χ1v) is 6.43. The lowest BCUT2D eigenvalue weighted by Crippen LogP contribution is -2.28. The maximum atomic E-state index is 13.4. The quantitative estimate of drug-likeness (QED) is 0.747. The molecular formula is C13H18ClFN2O. The maximum Gasteiger partial charge on any atom is 0.224 e. The molecule has 0 unspecified atom stereocenters. The van der Waals surface area contributed by atoms with E-state index in [9.17, 15) is 9.18 Å². The minimum Gasteiger partial charge on any atom is -0.356 e. The van der Waals surface area contributed by atoms with Gasteiger partial charge >= 0.3 is 0 Å². The Morgan fingerprint density at radius 1 is 1.39 bits per heavy atom. The molecular weight excluding hydrogens is 255 g/mol. The van der Waals surface area contributed by atoms with Gasteiger partial charge in [-0.1, -0.05) is 24.6 Å². The molecule has 1 amide bonds. The van der Waals surface area contributed by atoms with Crippen molar-refractivity contribution in [1.82, 2.24) is 10.6 Å². The summed E-state index contributed by atoms with van der Waals surface area (Å²) in [6, 6.07) is 4.41. The fraction of sp³-hybridized carbons (Fsp3) is 0.462. The first-order valence-electron chi connectivity index (χ1n) is 6.05. The summed E-state index contributed by atoms with van der Waals surface area (Å²) in [4.78, 5) is 11.6. The van der Waals surface area contributed by atoms with E-state index in [4.69, 9.17) is 11.6 Å². The van der Waals surface area contributed by atoms with Crippen LogP contribution in [0.4, 0.5) is 4.39 Å². The predicted molar refractivity (Wildman–Crippen MR) is 71.3 cm³/mol. The van der Waals surface area contributed by atoms with Gasteiger partial charge in [-0.15, -0.1) is 0 Å². The van der Waals surface area contributed by atoms with Gasteiger partial charge in [0.2, 0.25) is 5.91 Å². The second-order valence-corrected chi connectivity index (χ2v) is 4.34. The Balaban J connectivity index is 2.36. The van der Waals surface area contributed by atoms with Gasteiger partial charge in [-0.3, -0.25) is 4.79 Å². The molecule has 1 rings (SSSR count). The van der Waals surface area contributed by atoms with Crippen LogP contribution in [0.25, 0.3) is 0 Å². The Hall–Kier alpha value is -1.13. The zero-order valence-electron chi connectivity index (χ0n) is 10.4. The second kappa shape index (κ2) is 8.06. The van der Waals surface area contributed by atoms with Crippen molar-refractivity contribution in [1.29, 1.82) is 0 Å². The molecule has 0 saturated carbocycles. The molecule has 0 radical (unpaired) electrons. The Labute approximate surface area is 112 Å². The molecule has 0 aliphatic rings. The molecule has 100 valence electrons. The minimum atomic E-state index is -0.440. The van der Waals surface area contributed by atoms with Crippen molar-refractivity contribution in [3.8, 4) is 0 Å². The van der Waals surface area contributed by atoms with Gasteiger partial charge in [0.1, 0.15) is 5.82 Å². The zero-order valence-corrected chi connectivity index (χ0v) is 11.2. The normalized spacial score (nSPS) is 10.4. The van der Waals surface area contributed by atoms with Crippen molar-refractivity contribution in [2.45, 2.75) is 19.8 Å². The summed E-state index contributed by atoms with van der Waals surface area (Å²) in [5.41, 5.74) is 0.253. The molecule has 0 aliphatic heterocycles. The Morgan fingerprint density at radius 3 is 2.83 bits per heavy atom. The highest BCUT2D eigenvalue weighted by molar-refractivity contribution is 6.31. The maximum absolute atomic E-state index is 13.4. The van der Waals surface area contributed by atoms with Crippen LogP contribution in [-0.4, -0.2) is 25.5 Å². The number of nitrogens with one attached hydrogen (secondary N) is 2. The molecule has 1 aromatic carbocycles. The van der Waals surface area contributed by atoms with Crippen LogP contribution in [-0.2, 0) is 11.2 Å². The summed E-state index contributed by atoms with van der Waals surface area (Å²) in [7, 11) is 0. The molecule has 0 aliphatic carbocycles. The summed E-state index contributed by atoms with van der Waals surface area (Å²) in [6.45, 7) is 4.38. The number of hydrogen-bond donors (Lipinski definition) is 2. The Bertz CT molecular complexity index is 378. The van der Waals surface area contributed by atoms with Gasteiger partial charge < -0.3 is 10.6 Å². The van der Waals surface area contributed by atoms with Crippen LogP contribution >= 0.6 is 11.6 Å². The number of hydrogen-bond acceptors (Lipinski definition) is 2. The summed E-state index contributed by atoms with van der Waals surface area (Å²) in [6.07, 6.45) is 0.831. The van der Waals surface area contributed by atoms with E-state index in [1.54, 1.807) is 6.07 Å². The third-order valence-corrected chi connectivity index (χ3v) is 2.86. The summed E-state index contributed by atoms with van der Waals surface area (Å²) in [5.74, 6) is -0.649. The zero-order chi connectivity index (χ0) is 13.4. The van der Waals surface area contributed by atoms with Crippen LogP contribution < -0.4 is 10.6 Å². The Kier molecular flexibility index (Phi) is 6.68. The minimum absolute atomic E-state index is 0.0211. The average Bonchev–Trinajstić information content (AvgIpc) is 2.34. The van der Waals surface area contributed by atoms with Crippen molar-refractivity contribution < 1.29 is 9.18 Å². The molecule has 0 heterocycles. The lowest BCUT2D eigenvalue weighted by Gasteiger charge is -2.07. The molecule has 3 nitrogen and oxygen atoms in total. The summed E-state index contributed by atoms with van der Waals surface area (Å²) in [5, 5.41) is 6.19. The molecule has 0 atom stereocenters. The van der Waals surface area contributed by atoms with Gasteiger partial charge in [0.25, 0.3) is 0 Å². The van der Waals surface area contributed by atoms with Crippen molar-refractivity contribution in [3.05, 3.63) is 34.6 Å². The Morgan fingerprint density at radius 2 is 2.17 bits per heavy atom. The molecule has 0 spiro atoms. The van der Waals surface area contributed by atoms with Crippen LogP contribution in [0.3, 0.4) is 0 Å². The highest BCUT2D eigenvalue weighted by Crippen LogP contribution is 2.19. The van der Waals surface area contributed by atoms with Crippen LogP contribution in [0, 0.1) is 5.82 Å². The van der Waals surface area contributed by atoms with Gasteiger partial charge in [-0.25, -0.2) is 4.39 Å². The molecule has 1 aromatic rings. The van der Waals surface area contributed by atoms with Crippen LogP contribution in [0.2, 0.25) is 5.02 Å². The molecule has 0 fully saturated rings. The lowest BCUT2D eigenvalue weighted by molar-refractivity contribution is -0.120. The first-order chi connectivity index (χ1) is 8.65. The number of benzene rings is 1. The monoisotopic (exact) mass is 272 g/mol. The van der Waals surface area contributed by atoms with E-state index in [1.165, 1.54) is 12.1 Å². The highest BCUT2D eigenvalue weighted by Gasteiger charge is 2.11. The van der Waals surface area contributed by atoms with E-state index in [0.717, 1.165) is 19.5 Å². The van der Waals surface area contributed by atoms with Crippen molar-refractivity contribution in [3.63, 3.8) is 0 Å². The summed E-state index contributed by atoms with van der Waals surface area (Å²) >= 11 is 5.85. The fourth-order valence-electron chi connectivity index (χ4n) is 1.54. The van der Waals surface area contributed by atoms with Gasteiger partial charge in [0.15, 0.2) is 0 Å². The first kappa shape index (κ1) is 14.9. The lowest BCUT2D eigenvalue weighted by atomic mass is 10.1. The molecule has 5 heteroatoms. The van der Waals surface area contributed by atoms with Gasteiger partial charge in [-0.2, -0.15) is 0 Å². The van der Waals surface area contributed by atoms with Crippen molar-refractivity contribution in [2.24, 2.45) is 0 Å². The van der Waals surface area contributed by atoms with Crippen LogP contribution in [0.5, 0.6) is 0 Å². The van der Waals surface area contributed by atoms with E-state index in [-0.39, 0.29) is 22.9 Å². The fourth-order valence-corrected chi connectivity index (χ4v) is 1.77. The van der Waals surface area contributed by atoms with Gasteiger partial charge in [0.05, 0.1) is 6.42 Å². The van der Waals surface area contributed by atoms with Crippen molar-refractivity contribution >= 4 is 17.5 Å². The number of carbonyl (C=O) groups excluding carboxylic acids is 1. The highest BCUT2D eigenvalue weighted by atomic mass is 35.5. The van der Waals surface area contributed by atoms with E-state index in [1.807, 2.05) is 6.92 Å². The van der Waals surface area contributed by atoms with E-state index in [0.29, 0.717) is 6.54 Å². The molecule has 0 aromatic heterocycles. The smallest absolute Gasteiger partial charge is 0.224 e. The molecule has 0 bridgehead atoms. The number of rotatable bonds is 7. The third-order valence-electron chi connectivity index (χ3n) is 2.50. The van der Waals surface area contributed by atoms with Crippen LogP contribution in [0.15, 0.2) is 18.2 Å². The molecule has 0 saturated heterocycles. The van der Waals surface area contributed by atoms with E-state index in [2.05, 4.69) is 10.6 Å². The number of halogens is 2.